The minimum Gasteiger partial charge on any atom is -0.497 e. The second kappa shape index (κ2) is 9.42. The van der Waals surface area contributed by atoms with E-state index >= 15 is 0 Å². The van der Waals surface area contributed by atoms with Crippen LogP contribution < -0.4 is 14.2 Å². The summed E-state index contributed by atoms with van der Waals surface area (Å²) in [6.07, 6.45) is 4.24. The molecule has 1 aliphatic rings. The summed E-state index contributed by atoms with van der Waals surface area (Å²) < 4.78 is 21.9. The van der Waals surface area contributed by atoms with Gasteiger partial charge >= 0.3 is 0 Å². The molecule has 1 aromatic heterocycles. The molecule has 0 unspecified atom stereocenters. The van der Waals surface area contributed by atoms with Crippen LogP contribution in [-0.2, 0) is 6.54 Å². The summed E-state index contributed by atoms with van der Waals surface area (Å²) in [5.74, 6) is 0.795. The molecule has 31 heavy (non-hydrogen) atoms. The number of rotatable bonds is 7. The van der Waals surface area contributed by atoms with Gasteiger partial charge in [0.15, 0.2) is 6.54 Å². The first-order valence-electron chi connectivity index (χ1n) is 10.2. The Morgan fingerprint density at radius 2 is 2.10 bits per heavy atom. The van der Waals surface area contributed by atoms with Crippen LogP contribution in [0.4, 0.5) is 10.1 Å². The zero-order valence-electron chi connectivity index (χ0n) is 17.9. The Hall–Kier alpha value is -2.35. The molecule has 7 heteroatoms. The van der Waals surface area contributed by atoms with E-state index in [4.69, 9.17) is 4.74 Å². The van der Waals surface area contributed by atoms with Crippen molar-refractivity contribution in [2.24, 2.45) is 0 Å². The van der Waals surface area contributed by atoms with E-state index in [1.165, 1.54) is 5.56 Å². The summed E-state index contributed by atoms with van der Waals surface area (Å²) in [5, 5.41) is 11.7. The first-order chi connectivity index (χ1) is 15.0. The lowest BCUT2D eigenvalue weighted by molar-refractivity contribution is -0.670. The molecule has 4 nitrogen and oxygen atoms in total. The van der Waals surface area contributed by atoms with Gasteiger partial charge in [0.05, 0.1) is 30.4 Å². The SMILES string of the molecule is COc1ccc2sc(/C=C(C)/C=C3\Sc4ccc(C)cc4N3CC[18F])[n+](CCO)c2c1. The number of fused-ring (bicyclic) bond motifs is 2. The fourth-order valence-corrected chi connectivity index (χ4v) is 6.07. The standard InChI is InChI=1S/C24H26FN2O2S2/c1-16-4-6-21-19(12-16)26(9-8-25)23(30-21)13-17(2)14-24-27(10-11-28)20-15-18(29-3)5-7-22(20)31-24/h4-7,12-15,28H,8-11H2,1-3H3/q+1/i25-1. The molecule has 0 aliphatic carbocycles. The molecule has 1 N–H and O–H groups in total. The third-order valence-corrected chi connectivity index (χ3v) is 7.38. The largest absolute Gasteiger partial charge is 0.497 e. The minimum absolute atomic E-state index is 0.0590. The van der Waals surface area contributed by atoms with Gasteiger partial charge in [-0.3, -0.25) is 0 Å². The van der Waals surface area contributed by atoms with Crippen molar-refractivity contribution in [2.45, 2.75) is 25.3 Å². The smallest absolute Gasteiger partial charge is 0.263 e. The predicted octanol–water partition coefficient (Wildman–Crippen LogP) is 5.32. The number of aliphatic hydroxyl groups is 1. The summed E-state index contributed by atoms with van der Waals surface area (Å²) in [7, 11) is 1.66. The average Bonchev–Trinajstić information content (AvgIpc) is 3.26. The molecule has 0 saturated heterocycles. The maximum atomic E-state index is 13.3. The Balaban J connectivity index is 1.71. The second-order valence-corrected chi connectivity index (χ2v) is 9.56. The van der Waals surface area contributed by atoms with Gasteiger partial charge in [-0.2, -0.15) is 4.57 Å². The van der Waals surface area contributed by atoms with Crippen molar-refractivity contribution in [3.8, 4) is 5.75 Å². The maximum Gasteiger partial charge on any atom is 0.263 e. The fourth-order valence-electron chi connectivity index (χ4n) is 3.71. The molecular formula is C24H26FN2O2S2+. The molecule has 0 radical (unpaired) electrons. The molecular weight excluding hydrogens is 430 g/mol. The number of ether oxygens (including phenoxy) is 1. The van der Waals surface area contributed by atoms with Gasteiger partial charge in [0.1, 0.15) is 23.7 Å². The summed E-state index contributed by atoms with van der Waals surface area (Å²) in [6.45, 7) is 4.63. The van der Waals surface area contributed by atoms with Crippen LogP contribution in [0, 0.1) is 6.92 Å². The summed E-state index contributed by atoms with van der Waals surface area (Å²) in [5.41, 5.74) is 4.36. The van der Waals surface area contributed by atoms with Crippen LogP contribution in [0.5, 0.6) is 5.75 Å². The lowest BCUT2D eigenvalue weighted by Crippen LogP contribution is -2.36. The van der Waals surface area contributed by atoms with Crippen molar-refractivity contribution in [3.63, 3.8) is 0 Å². The highest BCUT2D eigenvalue weighted by molar-refractivity contribution is 8.03. The van der Waals surface area contributed by atoms with Crippen LogP contribution in [0.2, 0.25) is 0 Å². The minimum atomic E-state index is -0.400. The predicted molar refractivity (Wildman–Crippen MR) is 128 cm³/mol. The molecule has 0 fully saturated rings. The Kier molecular flexibility index (Phi) is 6.65. The summed E-state index contributed by atoms with van der Waals surface area (Å²) in [4.78, 5) is 3.21. The van der Waals surface area contributed by atoms with Gasteiger partial charge < -0.3 is 14.7 Å². The van der Waals surface area contributed by atoms with Crippen molar-refractivity contribution in [1.82, 2.24) is 0 Å². The van der Waals surface area contributed by atoms with Crippen molar-refractivity contribution in [2.75, 3.05) is 31.8 Å². The first kappa shape index (κ1) is 21.9. The van der Waals surface area contributed by atoms with Crippen molar-refractivity contribution < 1.29 is 18.8 Å². The van der Waals surface area contributed by atoms with Gasteiger partial charge in [-0.15, -0.1) is 0 Å². The number of benzene rings is 2. The van der Waals surface area contributed by atoms with E-state index in [0.717, 1.165) is 42.2 Å². The van der Waals surface area contributed by atoms with E-state index in [2.05, 4.69) is 53.7 Å². The highest BCUT2D eigenvalue weighted by Gasteiger charge is 2.25. The number of alkyl halides is 1. The number of hydrogen-bond donors (Lipinski definition) is 1. The third kappa shape index (κ3) is 4.49. The van der Waals surface area contributed by atoms with Crippen LogP contribution in [-0.4, -0.2) is 32.0 Å². The third-order valence-electron chi connectivity index (χ3n) is 5.16. The quantitative estimate of drug-likeness (QED) is 0.488. The zero-order valence-corrected chi connectivity index (χ0v) is 19.5. The van der Waals surface area contributed by atoms with Crippen molar-refractivity contribution in [1.29, 1.82) is 0 Å². The average molecular weight is 457 g/mol. The van der Waals surface area contributed by atoms with Gasteiger partial charge in [-0.1, -0.05) is 29.2 Å². The van der Waals surface area contributed by atoms with Crippen LogP contribution in [0.25, 0.3) is 16.3 Å². The lowest BCUT2D eigenvalue weighted by atomic mass is 10.2. The normalized spacial score (nSPS) is 15.2. The van der Waals surface area contributed by atoms with Gasteiger partial charge in [0, 0.05) is 11.0 Å². The molecule has 0 amide bonds. The van der Waals surface area contributed by atoms with Gasteiger partial charge in [0.2, 0.25) is 5.52 Å². The molecule has 4 rings (SSSR count). The molecule has 3 aromatic rings. The van der Waals surface area contributed by atoms with Gasteiger partial charge in [-0.05, 0) is 55.3 Å². The number of thioether (sulfide) groups is 1. The number of thiazole rings is 1. The first-order valence-corrected chi connectivity index (χ1v) is 11.8. The van der Waals surface area contributed by atoms with E-state index in [1.54, 1.807) is 30.2 Å². The topological polar surface area (TPSA) is 36.6 Å². The molecule has 2 aromatic carbocycles. The molecule has 0 atom stereocenters. The van der Waals surface area contributed by atoms with Gasteiger partial charge in [-0.25, -0.2) is 4.39 Å². The van der Waals surface area contributed by atoms with E-state index < -0.39 is 6.67 Å². The highest BCUT2D eigenvalue weighted by atomic mass is 32.2. The number of anilines is 1. The Morgan fingerprint density at radius 3 is 2.84 bits per heavy atom. The van der Waals surface area contributed by atoms with Gasteiger partial charge in [0.25, 0.3) is 5.01 Å². The zero-order chi connectivity index (χ0) is 22.0. The summed E-state index contributed by atoms with van der Waals surface area (Å²) in [6, 6.07) is 12.3. The molecule has 2 heterocycles. The fraction of sp³-hybridized carbons (Fsp3) is 0.292. The maximum absolute atomic E-state index is 13.3. The van der Waals surface area contributed by atoms with Crippen molar-refractivity contribution >= 4 is 45.1 Å². The summed E-state index contributed by atoms with van der Waals surface area (Å²) >= 11 is 3.36. The van der Waals surface area contributed by atoms with Crippen LogP contribution in [0.1, 0.15) is 17.5 Å². The molecule has 0 spiro atoms. The second-order valence-electron chi connectivity index (χ2n) is 7.43. The number of methoxy groups -OCH3 is 1. The number of allylic oxidation sites excluding steroid dienone is 2. The number of halogens is 1. The number of aliphatic hydroxyl groups excluding tert-OH is 1. The molecule has 162 valence electrons. The van der Waals surface area contributed by atoms with Crippen LogP contribution in [0.15, 0.2) is 58.0 Å². The molecule has 0 bridgehead atoms. The Labute approximate surface area is 190 Å². The van der Waals surface area contributed by atoms with Crippen molar-refractivity contribution in [3.05, 3.63) is 63.6 Å². The Morgan fingerprint density at radius 1 is 1.26 bits per heavy atom. The van der Waals surface area contributed by atoms with E-state index in [0.29, 0.717) is 13.1 Å². The monoisotopic (exact) mass is 456 g/mol. The Bertz CT molecular complexity index is 1170. The van der Waals surface area contributed by atoms with E-state index in [9.17, 15) is 9.50 Å². The van der Waals surface area contributed by atoms with Crippen LogP contribution in [0.3, 0.4) is 0 Å². The molecule has 1 aliphatic heterocycles. The number of nitrogens with zero attached hydrogens (tertiary/aromatic N) is 2. The number of aryl methyl sites for hydroxylation is 1. The number of aromatic nitrogens is 1. The molecule has 0 saturated carbocycles. The van der Waals surface area contributed by atoms with E-state index in [1.807, 2.05) is 18.2 Å². The lowest BCUT2D eigenvalue weighted by Gasteiger charge is -2.19. The van der Waals surface area contributed by atoms with E-state index in [-0.39, 0.29) is 6.61 Å². The highest BCUT2D eigenvalue weighted by Crippen LogP contribution is 2.46. The van der Waals surface area contributed by atoms with Crippen LogP contribution >= 0.6 is 23.1 Å². The number of hydrogen-bond acceptors (Lipinski definition) is 5.